The maximum absolute atomic E-state index is 13.0. The quantitative estimate of drug-likeness (QED) is 0.260. The molecule has 9 heteroatoms. The molecule has 0 atom stereocenters. The molecular weight excluding hydrogens is 456 g/mol. The van der Waals surface area contributed by atoms with Gasteiger partial charge >= 0.3 is 5.97 Å². The molecule has 0 unspecified atom stereocenters. The Kier molecular flexibility index (Phi) is 5.45. The highest BCUT2D eigenvalue weighted by atomic mass is 35.5. The number of hydrogen-bond acceptors (Lipinski definition) is 5. The number of benzene rings is 2. The second-order valence-corrected chi connectivity index (χ2v) is 8.57. The summed E-state index contributed by atoms with van der Waals surface area (Å²) in [5.41, 5.74) is 3.26. The van der Waals surface area contributed by atoms with Crippen LogP contribution in [0.25, 0.3) is 33.0 Å². The largest absolute Gasteiger partial charge is 0.466 e. The Labute approximate surface area is 199 Å². The van der Waals surface area contributed by atoms with E-state index in [2.05, 4.69) is 5.32 Å². The van der Waals surface area contributed by atoms with Gasteiger partial charge in [-0.2, -0.15) is 5.10 Å². The first-order chi connectivity index (χ1) is 16.3. The van der Waals surface area contributed by atoms with E-state index in [9.17, 15) is 14.4 Å². The van der Waals surface area contributed by atoms with Crippen LogP contribution in [0.2, 0.25) is 5.02 Å². The SMILES string of the molecule is CC(=O)OCCCn1nc(C2=C(c3cn(C)c4ccc(Cl)cc34)C(=O)NC2=O)c2ccccc21. The van der Waals surface area contributed by atoms with E-state index in [0.717, 1.165) is 21.8 Å². The highest BCUT2D eigenvalue weighted by Crippen LogP contribution is 2.38. The normalized spacial score (nSPS) is 13.9. The molecule has 0 aliphatic carbocycles. The predicted octanol–water partition coefficient (Wildman–Crippen LogP) is 3.70. The third-order valence-corrected chi connectivity index (χ3v) is 6.10. The van der Waals surface area contributed by atoms with Crippen molar-refractivity contribution in [3.8, 4) is 0 Å². The number of carbonyl (C=O) groups is 3. The number of fused-ring (bicyclic) bond motifs is 2. The topological polar surface area (TPSA) is 95.2 Å². The van der Waals surface area contributed by atoms with E-state index in [0.29, 0.717) is 29.2 Å². The van der Waals surface area contributed by atoms with Crippen LogP contribution in [0.5, 0.6) is 0 Å². The standard InChI is InChI=1S/C25H21ClN4O4/c1-14(31)34-11-5-10-30-20-7-4-3-6-16(20)23(28-30)22-21(24(32)27-25(22)33)18-13-29(2)19-9-8-15(26)12-17(18)19/h3-4,6-9,12-13H,5,10-11H2,1-2H3,(H,27,32,33). The summed E-state index contributed by atoms with van der Waals surface area (Å²) in [6.07, 6.45) is 2.39. The molecule has 1 N–H and O–H groups in total. The van der Waals surface area contributed by atoms with Crippen LogP contribution < -0.4 is 5.32 Å². The van der Waals surface area contributed by atoms with Crippen molar-refractivity contribution in [2.75, 3.05) is 6.61 Å². The Morgan fingerprint density at radius 2 is 1.82 bits per heavy atom. The number of esters is 1. The number of rotatable bonds is 6. The molecule has 1 aliphatic heterocycles. The summed E-state index contributed by atoms with van der Waals surface area (Å²) in [7, 11) is 1.88. The molecule has 0 bridgehead atoms. The third kappa shape index (κ3) is 3.66. The number of hydrogen-bond donors (Lipinski definition) is 1. The van der Waals surface area contributed by atoms with Crippen LogP contribution in [0.1, 0.15) is 24.6 Å². The van der Waals surface area contributed by atoms with Gasteiger partial charge in [0.25, 0.3) is 11.8 Å². The fourth-order valence-electron chi connectivity index (χ4n) is 4.41. The number of nitrogens with one attached hydrogen (secondary N) is 1. The van der Waals surface area contributed by atoms with E-state index in [1.807, 2.05) is 48.1 Å². The van der Waals surface area contributed by atoms with Gasteiger partial charge in [0.05, 0.1) is 23.3 Å². The fraction of sp³-hybridized carbons (Fsp3) is 0.200. The highest BCUT2D eigenvalue weighted by Gasteiger charge is 2.36. The van der Waals surface area contributed by atoms with Crippen LogP contribution in [-0.2, 0) is 32.7 Å². The van der Waals surface area contributed by atoms with Crippen molar-refractivity contribution in [2.45, 2.75) is 19.9 Å². The Balaban J connectivity index is 1.68. The van der Waals surface area contributed by atoms with Crippen molar-refractivity contribution >= 4 is 62.3 Å². The van der Waals surface area contributed by atoms with Gasteiger partial charge < -0.3 is 9.30 Å². The van der Waals surface area contributed by atoms with Gasteiger partial charge in [-0.25, -0.2) is 0 Å². The Morgan fingerprint density at radius 1 is 1.06 bits per heavy atom. The monoisotopic (exact) mass is 476 g/mol. The van der Waals surface area contributed by atoms with Crippen molar-refractivity contribution in [2.24, 2.45) is 7.05 Å². The van der Waals surface area contributed by atoms with E-state index in [-0.39, 0.29) is 23.7 Å². The number of ether oxygens (including phenoxy) is 1. The van der Waals surface area contributed by atoms with Gasteiger partial charge in [0.15, 0.2) is 0 Å². The Hall–Kier alpha value is -3.91. The molecule has 8 nitrogen and oxygen atoms in total. The van der Waals surface area contributed by atoms with Gasteiger partial charge in [0, 0.05) is 60.0 Å². The molecular formula is C25H21ClN4O4. The molecule has 2 aromatic heterocycles. The molecule has 34 heavy (non-hydrogen) atoms. The number of aryl methyl sites for hydroxylation is 2. The zero-order valence-electron chi connectivity index (χ0n) is 18.6. The lowest BCUT2D eigenvalue weighted by Crippen LogP contribution is -2.22. The number of carbonyl (C=O) groups excluding carboxylic acids is 3. The summed E-state index contributed by atoms with van der Waals surface area (Å²) in [6.45, 7) is 2.12. The van der Waals surface area contributed by atoms with Crippen LogP contribution in [0.3, 0.4) is 0 Å². The highest BCUT2D eigenvalue weighted by molar-refractivity contribution is 6.50. The van der Waals surface area contributed by atoms with Crippen LogP contribution in [0.4, 0.5) is 0 Å². The van der Waals surface area contributed by atoms with Gasteiger partial charge in [0.1, 0.15) is 5.69 Å². The van der Waals surface area contributed by atoms with Crippen LogP contribution in [0.15, 0.2) is 48.7 Å². The number of aromatic nitrogens is 3. The zero-order valence-corrected chi connectivity index (χ0v) is 19.3. The van der Waals surface area contributed by atoms with Crippen LogP contribution in [0, 0.1) is 0 Å². The lowest BCUT2D eigenvalue weighted by atomic mass is 9.97. The molecule has 5 rings (SSSR count). The molecule has 4 aromatic rings. The van der Waals surface area contributed by atoms with E-state index in [4.69, 9.17) is 21.4 Å². The van der Waals surface area contributed by atoms with Crippen molar-refractivity contribution < 1.29 is 19.1 Å². The van der Waals surface area contributed by atoms with Gasteiger partial charge in [0.2, 0.25) is 0 Å². The van der Waals surface area contributed by atoms with Crippen molar-refractivity contribution in [3.63, 3.8) is 0 Å². The minimum absolute atomic E-state index is 0.229. The van der Waals surface area contributed by atoms with Gasteiger partial charge in [-0.05, 0) is 24.3 Å². The molecule has 2 amide bonds. The second kappa shape index (κ2) is 8.46. The average Bonchev–Trinajstić information content (AvgIpc) is 3.41. The first-order valence-electron chi connectivity index (χ1n) is 10.8. The molecule has 0 radical (unpaired) electrons. The zero-order chi connectivity index (χ0) is 24.0. The molecule has 1 aliphatic rings. The van der Waals surface area contributed by atoms with Crippen molar-refractivity contribution in [3.05, 3.63) is 64.9 Å². The summed E-state index contributed by atoms with van der Waals surface area (Å²) in [4.78, 5) is 37.1. The Morgan fingerprint density at radius 3 is 2.62 bits per heavy atom. The van der Waals surface area contributed by atoms with Crippen molar-refractivity contribution in [1.82, 2.24) is 19.7 Å². The van der Waals surface area contributed by atoms with Gasteiger partial charge in [-0.1, -0.05) is 29.8 Å². The second-order valence-electron chi connectivity index (χ2n) is 8.13. The number of amides is 2. The van der Waals surface area contributed by atoms with Crippen LogP contribution in [-0.4, -0.2) is 38.7 Å². The minimum atomic E-state index is -0.491. The number of para-hydroxylation sites is 1. The smallest absolute Gasteiger partial charge is 0.302 e. The third-order valence-electron chi connectivity index (χ3n) is 5.87. The number of nitrogens with zero attached hydrogens (tertiary/aromatic N) is 3. The molecule has 2 aromatic carbocycles. The summed E-state index contributed by atoms with van der Waals surface area (Å²) >= 11 is 6.25. The minimum Gasteiger partial charge on any atom is -0.466 e. The lowest BCUT2D eigenvalue weighted by Gasteiger charge is -2.04. The first-order valence-corrected chi connectivity index (χ1v) is 11.2. The van der Waals surface area contributed by atoms with Gasteiger partial charge in [-0.3, -0.25) is 24.4 Å². The maximum Gasteiger partial charge on any atom is 0.302 e. The van der Waals surface area contributed by atoms with E-state index < -0.39 is 11.8 Å². The lowest BCUT2D eigenvalue weighted by molar-refractivity contribution is -0.141. The molecule has 0 spiro atoms. The predicted molar refractivity (Wildman–Crippen MR) is 129 cm³/mol. The van der Waals surface area contributed by atoms with Crippen LogP contribution >= 0.6 is 11.6 Å². The summed E-state index contributed by atoms with van der Waals surface area (Å²) < 4.78 is 8.70. The van der Waals surface area contributed by atoms with E-state index in [1.165, 1.54) is 6.92 Å². The molecule has 0 fully saturated rings. The molecule has 0 saturated heterocycles. The average molecular weight is 477 g/mol. The number of imide groups is 1. The molecule has 3 heterocycles. The maximum atomic E-state index is 13.0. The summed E-state index contributed by atoms with van der Waals surface area (Å²) in [5.74, 6) is -1.30. The van der Waals surface area contributed by atoms with E-state index in [1.54, 1.807) is 16.8 Å². The first kappa shape index (κ1) is 21.9. The summed E-state index contributed by atoms with van der Waals surface area (Å²) in [5, 5.41) is 9.23. The van der Waals surface area contributed by atoms with Crippen molar-refractivity contribution in [1.29, 1.82) is 0 Å². The number of halogens is 1. The van der Waals surface area contributed by atoms with E-state index >= 15 is 0 Å². The fourth-order valence-corrected chi connectivity index (χ4v) is 4.59. The Bertz CT molecular complexity index is 1530. The molecule has 172 valence electrons. The van der Waals surface area contributed by atoms with Gasteiger partial charge in [-0.15, -0.1) is 0 Å². The molecule has 0 saturated carbocycles. The summed E-state index contributed by atoms with van der Waals surface area (Å²) in [6, 6.07) is 13.0.